The highest BCUT2D eigenvalue weighted by molar-refractivity contribution is 7.49. The van der Waals surface area contributed by atoms with E-state index < -0.39 is 131 Å². The first-order valence-electron chi connectivity index (χ1n) is 54.8. The lowest BCUT2D eigenvalue weighted by Crippen LogP contribution is -2.67. The van der Waals surface area contributed by atoms with Crippen LogP contribution in [-0.4, -0.2) is 115 Å². The molecule has 0 unspecified atom stereocenters. The van der Waals surface area contributed by atoms with Crippen LogP contribution >= 0.6 is 7.82 Å². The first kappa shape index (κ1) is 120. The average molecular weight is 1900 g/mol. The zero-order chi connectivity index (χ0) is 96.5. The van der Waals surface area contributed by atoms with E-state index in [2.05, 4.69) is 52.2 Å². The van der Waals surface area contributed by atoms with Crippen molar-refractivity contribution in [2.75, 3.05) is 13.2 Å². The van der Waals surface area contributed by atoms with Crippen molar-refractivity contribution in [1.82, 2.24) is 10.6 Å². The van der Waals surface area contributed by atoms with Crippen LogP contribution in [0.3, 0.4) is 0 Å². The van der Waals surface area contributed by atoms with Crippen LogP contribution in [0.25, 0.3) is 0 Å². The third-order valence-corrected chi connectivity index (χ3v) is 27.2. The summed E-state index contributed by atoms with van der Waals surface area (Å²) < 4.78 is 80.6. The van der Waals surface area contributed by atoms with Crippen LogP contribution in [0.2, 0.25) is 0 Å². The number of amides is 2. The number of carbonyl (C=O) groups is 7. The number of carbonyl (C=O) groups excluding carboxylic acids is 7. The van der Waals surface area contributed by atoms with Gasteiger partial charge in [0, 0.05) is 19.3 Å². The Morgan fingerprint density at radius 1 is 0.358 bits per heavy atom. The summed E-state index contributed by atoms with van der Waals surface area (Å²) in [5.41, 5.74) is 0.646. The molecule has 0 aromatic heterocycles. The minimum atomic E-state index is -5.09. The number of hydrogen-bond donors (Lipinski definition) is 3. The van der Waals surface area contributed by atoms with Crippen LogP contribution in [0.15, 0.2) is 91.0 Å². The van der Waals surface area contributed by atoms with Crippen molar-refractivity contribution in [1.29, 1.82) is 0 Å². The average Bonchev–Trinajstić information content (AvgIpc) is 0.770. The van der Waals surface area contributed by atoms with Gasteiger partial charge in [0.2, 0.25) is 11.8 Å². The summed E-state index contributed by atoms with van der Waals surface area (Å²) in [7, 11) is -5.09. The first-order chi connectivity index (χ1) is 65.5. The molecule has 1 aliphatic heterocycles. The Kier molecular flexibility index (Phi) is 73.8. The highest BCUT2D eigenvalue weighted by Crippen LogP contribution is 2.53. The SMILES string of the molecule is CCCCCCCCCCCCCC(=O)O[C@H](CCCCCCCCCCC)CC(=O)N[C@H]1[C@H](OC[C@H](NC(=O)C[C@@H](CCCCCCCCCCC)OC(=O)CCCCCCCCCCCCC)C(=O)OCc2ccccc2)O[C@H](CO)[C@@H](OP(=O)(Oc2ccccc2)Oc2ccccc2)[C@@H]1OC(=O)C[C@@H](CCCCCCCCCCC)OC(=O)CCCCCCCCCCCCC. The highest BCUT2D eigenvalue weighted by atomic mass is 31.2. The largest absolute Gasteiger partial charge is 0.588 e. The smallest absolute Gasteiger partial charge is 0.462 e. The van der Waals surface area contributed by atoms with Crippen LogP contribution < -0.4 is 19.7 Å². The van der Waals surface area contributed by atoms with Gasteiger partial charge in [-0.25, -0.2) is 9.36 Å². The van der Waals surface area contributed by atoms with Crippen molar-refractivity contribution >= 4 is 49.5 Å². The topological polar surface area (TPSA) is 273 Å². The third kappa shape index (κ3) is 62.5. The molecule has 22 heteroatoms. The number of unbranched alkanes of at least 4 members (excludes halogenated alkanes) is 54. The van der Waals surface area contributed by atoms with Crippen molar-refractivity contribution in [2.45, 2.75) is 546 Å². The van der Waals surface area contributed by atoms with Gasteiger partial charge in [0.05, 0.1) is 32.5 Å². The quantitative estimate of drug-likeness (QED) is 0.0205. The molecule has 4 rings (SSSR count). The molecule has 0 radical (unpaired) electrons. The van der Waals surface area contributed by atoms with Gasteiger partial charge >= 0.3 is 37.7 Å². The molecule has 1 fully saturated rings. The number of nitrogens with one attached hydrogen (secondary N) is 2. The zero-order valence-electron chi connectivity index (χ0n) is 85.0. The van der Waals surface area contributed by atoms with E-state index in [9.17, 15) is 24.3 Å². The summed E-state index contributed by atoms with van der Waals surface area (Å²) in [6.45, 7) is 11.4. The molecule has 1 saturated heterocycles. The van der Waals surface area contributed by atoms with Gasteiger partial charge in [-0.2, -0.15) is 0 Å². The van der Waals surface area contributed by atoms with E-state index in [4.69, 9.17) is 46.7 Å². The van der Waals surface area contributed by atoms with E-state index in [1.165, 1.54) is 173 Å². The molecule has 3 aromatic rings. The third-order valence-electron chi connectivity index (χ3n) is 25.8. The number of rotatable bonds is 91. The minimum Gasteiger partial charge on any atom is -0.462 e. The van der Waals surface area contributed by atoms with E-state index in [1.54, 1.807) is 84.9 Å². The van der Waals surface area contributed by atoms with E-state index in [-0.39, 0.29) is 43.8 Å². The molecule has 766 valence electrons. The van der Waals surface area contributed by atoms with Crippen molar-refractivity contribution < 1.29 is 90.0 Å². The monoisotopic (exact) mass is 1900 g/mol. The maximum Gasteiger partial charge on any atom is 0.588 e. The number of benzene rings is 3. The molecule has 3 N–H and O–H groups in total. The molecule has 134 heavy (non-hydrogen) atoms. The number of aliphatic hydroxyl groups is 1. The molecular weight excluding hydrogens is 1710 g/mol. The van der Waals surface area contributed by atoms with Gasteiger partial charge in [0.25, 0.3) is 0 Å². The summed E-state index contributed by atoms with van der Waals surface area (Å²) in [4.78, 5) is 104. The van der Waals surface area contributed by atoms with Gasteiger partial charge in [0.15, 0.2) is 18.4 Å². The van der Waals surface area contributed by atoms with Gasteiger partial charge in [-0.05, 0) is 87.6 Å². The summed E-state index contributed by atoms with van der Waals surface area (Å²) in [5, 5.41) is 17.8. The Morgan fingerprint density at radius 3 is 0.985 bits per heavy atom. The lowest BCUT2D eigenvalue weighted by molar-refractivity contribution is -0.272. The Morgan fingerprint density at radius 2 is 0.657 bits per heavy atom. The van der Waals surface area contributed by atoms with Crippen LogP contribution in [0, 0.1) is 0 Å². The summed E-state index contributed by atoms with van der Waals surface area (Å²) in [6.07, 6.45) is 54.8. The van der Waals surface area contributed by atoms with Crippen molar-refractivity contribution in [3.8, 4) is 11.5 Å². The Labute approximate surface area is 813 Å². The standard InChI is InChI=1S/C112H189N2O19P/c1-7-13-19-25-31-37-40-46-52-58-73-85-104(118)126-97(82-66-55-49-43-34-28-22-16-10-4)88-102(116)113-100(111(122)124-92-94-76-64-61-65-77-94)93-125-112-108(114-103(117)89-98(83-67-56-50-44-35-29-23-17-11-5)127-105(119)86-74-59-53-47-41-38-32-26-20-14-8-2)110(109(101(91-115)129-112)133-134(123,131-95-78-69-62-70-79-95)132-96-80-71-63-72-81-96)130-107(121)90-99(84-68-57-51-45-36-30-24-18-12-6)128-106(120)87-75-60-54-48-42-39-33-27-21-15-9-3/h61-65,69-72,76-81,97-101,108-110,112,115H,7-60,66-68,73-75,82-93H2,1-6H3,(H,113,116)(H,114,117)/t97-,98-,99-,100+,101-,108-,109-,110-,112-/m1/s1. The van der Waals surface area contributed by atoms with Crippen molar-refractivity contribution in [3.63, 3.8) is 0 Å². The Hall–Kier alpha value is -6.38. The number of phosphoric ester groups is 1. The fraction of sp³-hybridized carbons (Fsp3) is 0.777. The van der Waals surface area contributed by atoms with E-state index in [0.717, 1.165) is 173 Å². The first-order valence-corrected chi connectivity index (χ1v) is 56.2. The second-order valence-corrected chi connectivity index (χ2v) is 39.8. The van der Waals surface area contributed by atoms with E-state index >= 15 is 18.9 Å². The second-order valence-electron chi connectivity index (χ2n) is 38.3. The molecule has 9 atom stereocenters. The van der Waals surface area contributed by atoms with Crippen LogP contribution in [0.4, 0.5) is 0 Å². The molecule has 0 saturated carbocycles. The Balaban J connectivity index is 1.89. The number of hydrogen-bond acceptors (Lipinski definition) is 19. The van der Waals surface area contributed by atoms with Crippen LogP contribution in [-0.2, 0) is 82.4 Å². The summed E-state index contributed by atoms with van der Waals surface area (Å²) in [5.74, 6) is -4.42. The van der Waals surface area contributed by atoms with Crippen LogP contribution in [0.1, 0.15) is 490 Å². The Bertz CT molecular complexity index is 3350. The molecule has 1 aliphatic rings. The van der Waals surface area contributed by atoms with Crippen LogP contribution in [0.5, 0.6) is 11.5 Å². The molecule has 3 aromatic carbocycles. The van der Waals surface area contributed by atoms with Crippen molar-refractivity contribution in [2.24, 2.45) is 0 Å². The second kappa shape index (κ2) is 82.5. The predicted octanol–water partition coefficient (Wildman–Crippen LogP) is 29.8. The molecule has 21 nitrogen and oxygen atoms in total. The molecule has 1 heterocycles. The van der Waals surface area contributed by atoms with Crippen molar-refractivity contribution in [3.05, 3.63) is 96.6 Å². The zero-order valence-corrected chi connectivity index (χ0v) is 85.9. The number of phosphoric acid groups is 1. The normalized spacial score (nSPS) is 15.9. The molecule has 0 bridgehead atoms. The summed E-state index contributed by atoms with van der Waals surface area (Å²) >= 11 is 0. The van der Waals surface area contributed by atoms with E-state index in [0.29, 0.717) is 63.4 Å². The maximum absolute atomic E-state index is 16.0. The number of para-hydroxylation sites is 2. The molecule has 2 amide bonds. The van der Waals surface area contributed by atoms with Gasteiger partial charge in [-0.15, -0.1) is 0 Å². The fourth-order valence-electron chi connectivity index (χ4n) is 17.7. The van der Waals surface area contributed by atoms with E-state index in [1.807, 2.05) is 6.07 Å². The molecular formula is C112H189N2O19P. The minimum absolute atomic E-state index is 0.0498. The molecule has 0 spiro atoms. The van der Waals surface area contributed by atoms with Gasteiger partial charge < -0.3 is 57.9 Å². The summed E-state index contributed by atoms with van der Waals surface area (Å²) in [6, 6.07) is 22.0. The molecule has 0 aliphatic carbocycles. The lowest BCUT2D eigenvalue weighted by atomic mass is 9.95. The van der Waals surface area contributed by atoms with Gasteiger partial charge in [0.1, 0.15) is 54.7 Å². The lowest BCUT2D eigenvalue weighted by Gasteiger charge is -2.45. The fourth-order valence-corrected chi connectivity index (χ4v) is 19.2. The van der Waals surface area contributed by atoms with Gasteiger partial charge in [-0.1, -0.05) is 455 Å². The highest BCUT2D eigenvalue weighted by Gasteiger charge is 2.54. The number of aliphatic hydroxyl groups excluding tert-OH is 1. The maximum atomic E-state index is 16.0. The van der Waals surface area contributed by atoms with Gasteiger partial charge in [-0.3, -0.25) is 33.3 Å². The predicted molar refractivity (Wildman–Crippen MR) is 541 cm³/mol. The number of esters is 5. The number of ether oxygens (including phenoxy) is 7.